The molecule has 3 aromatic rings. The van der Waals surface area contributed by atoms with Crippen LogP contribution >= 0.6 is 0 Å². The van der Waals surface area contributed by atoms with Crippen LogP contribution in [-0.4, -0.2) is 66.4 Å². The molecular weight excluding hydrogens is 482 g/mol. The Balaban J connectivity index is 1.13. The van der Waals surface area contributed by atoms with Crippen LogP contribution in [-0.2, 0) is 16.0 Å². The van der Waals surface area contributed by atoms with Gasteiger partial charge in [-0.2, -0.15) is 15.0 Å². The fourth-order valence-corrected chi connectivity index (χ4v) is 3.71. The fraction of sp³-hybridized carbons (Fsp3) is 0.429. The summed E-state index contributed by atoms with van der Waals surface area (Å²) in [6, 6.07) is 17.9. The average molecular weight is 520 g/mol. The number of hydrogen-bond donors (Lipinski definition) is 4. The van der Waals surface area contributed by atoms with E-state index in [-0.39, 0.29) is 5.91 Å². The molecular formula is C28H37N7O3. The SMILES string of the molecule is Cc1ccc(CNc2nc(NCCOCCOCCNC(=O)c3ccccc3)nc(NC3CCC3)n2)cc1. The molecule has 1 saturated carbocycles. The summed E-state index contributed by atoms with van der Waals surface area (Å²) in [6.07, 6.45) is 3.50. The average Bonchev–Trinajstić information content (AvgIpc) is 2.92. The molecule has 10 heteroatoms. The number of aryl methyl sites for hydroxylation is 1. The normalized spacial score (nSPS) is 13.0. The third-order valence-corrected chi connectivity index (χ3v) is 6.11. The molecule has 0 radical (unpaired) electrons. The third kappa shape index (κ3) is 9.28. The lowest BCUT2D eigenvalue weighted by Crippen LogP contribution is -2.28. The van der Waals surface area contributed by atoms with Gasteiger partial charge < -0.3 is 30.7 Å². The standard InChI is InChI=1S/C28H37N7O3/c1-21-10-12-22(13-11-21)20-31-27-33-26(34-28(35-27)32-24-8-5-9-24)30-15-17-38-19-18-37-16-14-29-25(36)23-6-3-2-4-7-23/h2-4,6-7,10-13,24H,5,8-9,14-20H2,1H3,(H,29,36)(H3,30,31,32,33,34,35). The zero-order valence-corrected chi connectivity index (χ0v) is 21.9. The molecule has 1 heterocycles. The highest BCUT2D eigenvalue weighted by molar-refractivity contribution is 5.94. The number of nitrogens with zero attached hydrogens (tertiary/aromatic N) is 3. The highest BCUT2D eigenvalue weighted by Crippen LogP contribution is 2.22. The van der Waals surface area contributed by atoms with Crippen LogP contribution in [0.25, 0.3) is 0 Å². The predicted molar refractivity (Wildman–Crippen MR) is 148 cm³/mol. The Bertz CT molecular complexity index is 1130. The maximum atomic E-state index is 12.0. The summed E-state index contributed by atoms with van der Waals surface area (Å²) in [4.78, 5) is 25.6. The van der Waals surface area contributed by atoms with Crippen LogP contribution in [0.3, 0.4) is 0 Å². The van der Waals surface area contributed by atoms with Gasteiger partial charge in [0.05, 0.1) is 26.4 Å². The van der Waals surface area contributed by atoms with Crippen LogP contribution < -0.4 is 21.3 Å². The van der Waals surface area contributed by atoms with Crippen molar-refractivity contribution in [3.8, 4) is 0 Å². The second kappa shape index (κ2) is 14.8. The molecule has 1 aromatic heterocycles. The van der Waals surface area contributed by atoms with Crippen molar-refractivity contribution in [2.75, 3.05) is 55.5 Å². The van der Waals surface area contributed by atoms with E-state index in [1.807, 2.05) is 18.2 Å². The molecule has 1 amide bonds. The van der Waals surface area contributed by atoms with Crippen LogP contribution in [0.4, 0.5) is 17.8 Å². The lowest BCUT2D eigenvalue weighted by Gasteiger charge is -2.26. The molecule has 0 aliphatic heterocycles. The number of carbonyl (C=O) groups is 1. The minimum Gasteiger partial charge on any atom is -0.377 e. The Hall–Kier alpha value is -3.76. The molecule has 202 valence electrons. The Morgan fingerprint density at radius 2 is 1.47 bits per heavy atom. The number of benzene rings is 2. The maximum Gasteiger partial charge on any atom is 0.251 e. The topological polar surface area (TPSA) is 122 Å². The number of anilines is 3. The van der Waals surface area contributed by atoms with E-state index in [4.69, 9.17) is 9.47 Å². The summed E-state index contributed by atoms with van der Waals surface area (Å²) in [6.45, 7) is 5.54. The van der Waals surface area contributed by atoms with E-state index in [1.54, 1.807) is 12.1 Å². The second-order valence-corrected chi connectivity index (χ2v) is 9.19. The molecule has 1 aliphatic rings. The number of hydrogen-bond acceptors (Lipinski definition) is 9. The summed E-state index contributed by atoms with van der Waals surface area (Å²) in [7, 11) is 0. The van der Waals surface area contributed by atoms with E-state index in [1.165, 1.54) is 12.0 Å². The van der Waals surface area contributed by atoms with Gasteiger partial charge in [-0.25, -0.2) is 0 Å². The Morgan fingerprint density at radius 1 is 0.816 bits per heavy atom. The van der Waals surface area contributed by atoms with E-state index in [9.17, 15) is 4.79 Å². The van der Waals surface area contributed by atoms with Crippen molar-refractivity contribution in [2.24, 2.45) is 0 Å². The van der Waals surface area contributed by atoms with Crippen molar-refractivity contribution in [3.05, 3.63) is 71.3 Å². The van der Waals surface area contributed by atoms with Crippen LogP contribution in [0.2, 0.25) is 0 Å². The molecule has 1 aliphatic carbocycles. The Labute approximate surface area is 224 Å². The van der Waals surface area contributed by atoms with Crippen LogP contribution in [0.15, 0.2) is 54.6 Å². The number of ether oxygens (including phenoxy) is 2. The zero-order chi connectivity index (χ0) is 26.4. The van der Waals surface area contributed by atoms with Gasteiger partial charge in [0.2, 0.25) is 17.8 Å². The third-order valence-electron chi connectivity index (χ3n) is 6.11. The molecule has 4 N–H and O–H groups in total. The van der Waals surface area contributed by atoms with Gasteiger partial charge in [-0.15, -0.1) is 0 Å². The molecule has 0 bridgehead atoms. The number of rotatable bonds is 16. The first-order valence-corrected chi connectivity index (χ1v) is 13.2. The van der Waals surface area contributed by atoms with Crippen LogP contribution in [0.1, 0.15) is 40.7 Å². The first-order valence-electron chi connectivity index (χ1n) is 13.2. The molecule has 0 spiro atoms. The monoisotopic (exact) mass is 519 g/mol. The van der Waals surface area contributed by atoms with E-state index < -0.39 is 0 Å². The molecule has 38 heavy (non-hydrogen) atoms. The molecule has 0 atom stereocenters. The van der Waals surface area contributed by atoms with Crippen LogP contribution in [0.5, 0.6) is 0 Å². The van der Waals surface area contributed by atoms with Gasteiger partial charge in [-0.3, -0.25) is 4.79 Å². The smallest absolute Gasteiger partial charge is 0.251 e. The van der Waals surface area contributed by atoms with Gasteiger partial charge in [0.1, 0.15) is 0 Å². The van der Waals surface area contributed by atoms with Gasteiger partial charge >= 0.3 is 0 Å². The zero-order valence-electron chi connectivity index (χ0n) is 21.9. The summed E-state index contributed by atoms with van der Waals surface area (Å²) < 4.78 is 11.2. The largest absolute Gasteiger partial charge is 0.377 e. The number of aromatic nitrogens is 3. The molecule has 4 rings (SSSR count). The summed E-state index contributed by atoms with van der Waals surface area (Å²) in [5, 5.41) is 12.8. The van der Waals surface area contributed by atoms with Gasteiger partial charge in [0.25, 0.3) is 5.91 Å². The quantitative estimate of drug-likeness (QED) is 0.210. The van der Waals surface area contributed by atoms with E-state index in [0.29, 0.717) is 75.5 Å². The van der Waals surface area contributed by atoms with Crippen molar-refractivity contribution < 1.29 is 14.3 Å². The molecule has 2 aromatic carbocycles. The van der Waals surface area contributed by atoms with E-state index in [0.717, 1.165) is 18.4 Å². The highest BCUT2D eigenvalue weighted by atomic mass is 16.5. The Kier molecular flexibility index (Phi) is 10.7. The summed E-state index contributed by atoms with van der Waals surface area (Å²) >= 11 is 0. The lowest BCUT2D eigenvalue weighted by atomic mass is 9.93. The van der Waals surface area contributed by atoms with Crippen molar-refractivity contribution >= 4 is 23.8 Å². The predicted octanol–water partition coefficient (Wildman–Crippen LogP) is 3.63. The first kappa shape index (κ1) is 27.3. The lowest BCUT2D eigenvalue weighted by molar-refractivity contribution is 0.0519. The summed E-state index contributed by atoms with van der Waals surface area (Å²) in [5.74, 6) is 1.50. The van der Waals surface area contributed by atoms with Gasteiger partial charge in [0, 0.05) is 31.2 Å². The fourth-order valence-electron chi connectivity index (χ4n) is 3.71. The first-order chi connectivity index (χ1) is 18.7. The summed E-state index contributed by atoms with van der Waals surface area (Å²) in [5.41, 5.74) is 3.03. The molecule has 0 saturated heterocycles. The second-order valence-electron chi connectivity index (χ2n) is 9.19. The number of nitrogens with one attached hydrogen (secondary N) is 4. The molecule has 1 fully saturated rings. The van der Waals surface area contributed by atoms with Gasteiger partial charge in [0.15, 0.2) is 0 Å². The highest BCUT2D eigenvalue weighted by Gasteiger charge is 2.19. The number of amides is 1. The van der Waals surface area contributed by atoms with E-state index >= 15 is 0 Å². The van der Waals surface area contributed by atoms with Crippen molar-refractivity contribution in [2.45, 2.75) is 38.8 Å². The minimum atomic E-state index is -0.102. The number of carbonyl (C=O) groups excluding carboxylic acids is 1. The van der Waals surface area contributed by atoms with Crippen molar-refractivity contribution in [1.29, 1.82) is 0 Å². The van der Waals surface area contributed by atoms with Crippen LogP contribution in [0, 0.1) is 6.92 Å². The maximum absolute atomic E-state index is 12.0. The molecule has 0 unspecified atom stereocenters. The Morgan fingerprint density at radius 3 is 2.16 bits per heavy atom. The van der Waals surface area contributed by atoms with Crippen molar-refractivity contribution in [1.82, 2.24) is 20.3 Å². The van der Waals surface area contributed by atoms with E-state index in [2.05, 4.69) is 67.4 Å². The van der Waals surface area contributed by atoms with Crippen molar-refractivity contribution in [3.63, 3.8) is 0 Å². The molecule has 10 nitrogen and oxygen atoms in total. The minimum absolute atomic E-state index is 0.102. The van der Waals surface area contributed by atoms with Gasteiger partial charge in [-0.05, 0) is 43.9 Å². The van der Waals surface area contributed by atoms with Gasteiger partial charge in [-0.1, -0.05) is 48.0 Å².